The zero-order valence-corrected chi connectivity index (χ0v) is 42.9. The molecule has 3 rings (SSSR count). The number of rotatable bonds is 37. The number of ether oxygens (including phenoxy) is 6. The van der Waals surface area contributed by atoms with Crippen LogP contribution in [0.1, 0.15) is 149 Å². The highest BCUT2D eigenvalue weighted by molar-refractivity contribution is 5.76. The molecule has 3 aliphatic rings. The molecule has 19 heteroatoms. The highest BCUT2D eigenvalue weighted by Gasteiger charge is 2.53. The zero-order chi connectivity index (χ0) is 52.7. The van der Waals surface area contributed by atoms with Crippen molar-refractivity contribution in [3.8, 4) is 0 Å². The van der Waals surface area contributed by atoms with E-state index in [1.165, 1.54) is 19.3 Å². The van der Waals surface area contributed by atoms with Crippen LogP contribution in [0.15, 0.2) is 48.6 Å². The monoisotopic (exact) mass is 1030 g/mol. The first-order chi connectivity index (χ1) is 34.8. The lowest BCUT2D eigenvalue weighted by Crippen LogP contribution is -2.66. The number of nitrogens with one attached hydrogen (secondary N) is 1. The normalized spacial score (nSPS) is 32.4. The largest absolute Gasteiger partial charge is 0.394 e. The molecule has 3 saturated heterocycles. The van der Waals surface area contributed by atoms with Gasteiger partial charge in [0.25, 0.3) is 0 Å². The summed E-state index contributed by atoms with van der Waals surface area (Å²) in [6, 6.07) is -0.893. The molecule has 418 valence electrons. The summed E-state index contributed by atoms with van der Waals surface area (Å²) in [6.45, 7) is 1.58. The van der Waals surface area contributed by atoms with Crippen LogP contribution in [0, 0.1) is 0 Å². The number of amides is 1. The van der Waals surface area contributed by atoms with Crippen molar-refractivity contribution >= 4 is 5.91 Å². The number of hydrogen-bond donors (Lipinski definition) is 12. The average molecular weight is 1030 g/mol. The van der Waals surface area contributed by atoms with Gasteiger partial charge in [0.2, 0.25) is 5.91 Å². The fraction of sp³-hybridized carbons (Fsp3) is 0.830. The van der Waals surface area contributed by atoms with Crippen LogP contribution in [0.25, 0.3) is 0 Å². The van der Waals surface area contributed by atoms with E-state index in [1.807, 2.05) is 0 Å². The molecule has 17 atom stereocenters. The number of carbonyl (C=O) groups is 1. The van der Waals surface area contributed by atoms with E-state index in [0.29, 0.717) is 12.8 Å². The second-order valence-corrected chi connectivity index (χ2v) is 19.3. The SMILES string of the molecule is CC/C=C\C/C=C\C/C=C\C/C=C\CCCCCCCCC(=O)NC(COC1OC(CO)C(OC2OC(CO)C(OC3OC(CO)C(O)C(O)C3O)C(O)C2O)C(O)C1O)C(O)CCCCCCCCCC. The van der Waals surface area contributed by atoms with Crippen LogP contribution in [0.3, 0.4) is 0 Å². The van der Waals surface area contributed by atoms with Crippen molar-refractivity contribution in [2.75, 3.05) is 26.4 Å². The first-order valence-corrected chi connectivity index (χ1v) is 26.9. The van der Waals surface area contributed by atoms with Crippen molar-refractivity contribution in [1.29, 1.82) is 0 Å². The molecule has 0 aliphatic carbocycles. The van der Waals surface area contributed by atoms with Gasteiger partial charge in [-0.25, -0.2) is 0 Å². The quantitative estimate of drug-likeness (QED) is 0.0315. The molecule has 12 N–H and O–H groups in total. The minimum Gasteiger partial charge on any atom is -0.394 e. The Balaban J connectivity index is 1.50. The number of carbonyl (C=O) groups excluding carboxylic acids is 1. The molecule has 0 aromatic rings. The predicted octanol–water partition coefficient (Wildman–Crippen LogP) is 2.75. The molecule has 0 spiro atoms. The van der Waals surface area contributed by atoms with Gasteiger partial charge in [-0.3, -0.25) is 4.79 Å². The molecular formula is C53H93NO18. The number of allylic oxidation sites excluding steroid dienone is 8. The van der Waals surface area contributed by atoms with Gasteiger partial charge in [-0.05, 0) is 51.4 Å². The highest BCUT2D eigenvalue weighted by atomic mass is 16.8. The summed E-state index contributed by atoms with van der Waals surface area (Å²) in [5.74, 6) is -0.264. The van der Waals surface area contributed by atoms with Crippen LogP contribution in [-0.2, 0) is 33.2 Å². The topological polar surface area (TPSA) is 307 Å². The number of unbranched alkanes of at least 4 members (excludes halogenated alkanes) is 13. The number of aliphatic hydroxyl groups is 11. The fourth-order valence-electron chi connectivity index (χ4n) is 8.95. The second-order valence-electron chi connectivity index (χ2n) is 19.3. The zero-order valence-electron chi connectivity index (χ0n) is 42.9. The smallest absolute Gasteiger partial charge is 0.220 e. The maximum atomic E-state index is 13.2. The van der Waals surface area contributed by atoms with Crippen LogP contribution < -0.4 is 5.32 Å². The minimum absolute atomic E-state index is 0.247. The lowest BCUT2D eigenvalue weighted by molar-refractivity contribution is -0.379. The van der Waals surface area contributed by atoms with E-state index in [-0.39, 0.29) is 18.9 Å². The standard InChI is InChI=1S/C53H93NO18/c1-3-5-7-9-11-13-14-15-16-17-18-19-20-21-22-23-25-27-29-31-41(59)54-36(37(58)30-28-26-24-12-10-8-6-4-2)35-67-51-47(65)44(62)49(39(33-56)69-51)72-53-48(66)45(63)50(40(34-57)70-53)71-52-46(64)43(61)42(60)38(32-55)68-52/h5,7,11,13,15-16,18-19,36-40,42-53,55-58,60-66H,3-4,6,8-10,12,14,17,20-35H2,1-2H3,(H,54,59)/b7-5-,13-11-,16-15-,19-18-. The van der Waals surface area contributed by atoms with Gasteiger partial charge in [-0.1, -0.05) is 140 Å². The predicted molar refractivity (Wildman–Crippen MR) is 268 cm³/mol. The van der Waals surface area contributed by atoms with E-state index in [9.17, 15) is 61.0 Å². The number of aliphatic hydroxyl groups excluding tert-OH is 11. The molecule has 0 radical (unpaired) electrons. The van der Waals surface area contributed by atoms with Crippen LogP contribution in [-0.4, -0.2) is 193 Å². The molecular weight excluding hydrogens is 939 g/mol. The van der Waals surface area contributed by atoms with E-state index in [0.717, 1.165) is 96.3 Å². The van der Waals surface area contributed by atoms with E-state index in [4.69, 9.17) is 28.4 Å². The van der Waals surface area contributed by atoms with Crippen LogP contribution in [0.2, 0.25) is 0 Å². The molecule has 0 aromatic heterocycles. The summed E-state index contributed by atoms with van der Waals surface area (Å²) in [7, 11) is 0. The molecule has 72 heavy (non-hydrogen) atoms. The maximum absolute atomic E-state index is 13.2. The van der Waals surface area contributed by atoms with Gasteiger partial charge in [0, 0.05) is 6.42 Å². The molecule has 3 fully saturated rings. The molecule has 1 amide bonds. The van der Waals surface area contributed by atoms with Gasteiger partial charge >= 0.3 is 0 Å². The lowest BCUT2D eigenvalue weighted by Gasteiger charge is -2.48. The summed E-state index contributed by atoms with van der Waals surface area (Å²) in [5, 5.41) is 120. The Morgan fingerprint density at radius 1 is 0.514 bits per heavy atom. The van der Waals surface area contributed by atoms with Crippen molar-refractivity contribution in [3.63, 3.8) is 0 Å². The minimum atomic E-state index is -1.97. The Hall–Kier alpha value is -2.25. The van der Waals surface area contributed by atoms with Crippen LogP contribution >= 0.6 is 0 Å². The van der Waals surface area contributed by atoms with Gasteiger partial charge in [-0.2, -0.15) is 0 Å². The third-order valence-electron chi connectivity index (χ3n) is 13.4. The van der Waals surface area contributed by atoms with Crippen molar-refractivity contribution in [3.05, 3.63) is 48.6 Å². The Labute approximate surface area is 427 Å². The Bertz CT molecular complexity index is 1520. The third kappa shape index (κ3) is 22.5. The van der Waals surface area contributed by atoms with E-state index < -0.39 is 124 Å². The number of hydrogen-bond acceptors (Lipinski definition) is 18. The first-order valence-electron chi connectivity index (χ1n) is 26.9. The molecule has 0 aromatic carbocycles. The molecule has 0 bridgehead atoms. The van der Waals surface area contributed by atoms with Crippen LogP contribution in [0.4, 0.5) is 0 Å². The van der Waals surface area contributed by atoms with E-state index >= 15 is 0 Å². The van der Waals surface area contributed by atoms with Crippen molar-refractivity contribution in [1.82, 2.24) is 5.32 Å². The maximum Gasteiger partial charge on any atom is 0.220 e. The second kappa shape index (κ2) is 37.5. The summed E-state index contributed by atoms with van der Waals surface area (Å²) < 4.78 is 34.1. The van der Waals surface area contributed by atoms with Crippen molar-refractivity contribution in [2.24, 2.45) is 0 Å². The molecule has 19 nitrogen and oxygen atoms in total. The van der Waals surface area contributed by atoms with E-state index in [2.05, 4.69) is 67.8 Å². The fourth-order valence-corrected chi connectivity index (χ4v) is 8.95. The van der Waals surface area contributed by atoms with Gasteiger partial charge in [0.1, 0.15) is 73.2 Å². The Kier molecular flexibility index (Phi) is 33.3. The van der Waals surface area contributed by atoms with Crippen LogP contribution in [0.5, 0.6) is 0 Å². The Morgan fingerprint density at radius 3 is 1.50 bits per heavy atom. The molecule has 0 saturated carbocycles. The van der Waals surface area contributed by atoms with Gasteiger partial charge in [0.05, 0.1) is 38.6 Å². The highest BCUT2D eigenvalue weighted by Crippen LogP contribution is 2.33. The third-order valence-corrected chi connectivity index (χ3v) is 13.4. The van der Waals surface area contributed by atoms with Crippen molar-refractivity contribution in [2.45, 2.75) is 253 Å². The van der Waals surface area contributed by atoms with Crippen molar-refractivity contribution < 1.29 is 89.4 Å². The lowest BCUT2D eigenvalue weighted by atomic mass is 9.96. The van der Waals surface area contributed by atoms with E-state index in [1.54, 1.807) is 0 Å². The first kappa shape index (κ1) is 64.0. The Morgan fingerprint density at radius 2 is 0.958 bits per heavy atom. The molecule has 17 unspecified atom stereocenters. The summed E-state index contributed by atoms with van der Waals surface area (Å²) in [5.41, 5.74) is 0. The summed E-state index contributed by atoms with van der Waals surface area (Å²) in [4.78, 5) is 13.2. The van der Waals surface area contributed by atoms with Gasteiger partial charge < -0.3 is 89.9 Å². The molecule has 3 aliphatic heterocycles. The van der Waals surface area contributed by atoms with Gasteiger partial charge in [0.15, 0.2) is 18.9 Å². The summed E-state index contributed by atoms with van der Waals surface area (Å²) in [6.07, 6.45) is 10.9. The van der Waals surface area contributed by atoms with Gasteiger partial charge in [-0.15, -0.1) is 0 Å². The average Bonchev–Trinajstić information content (AvgIpc) is 3.37. The molecule has 3 heterocycles. The summed E-state index contributed by atoms with van der Waals surface area (Å²) >= 11 is 0.